The van der Waals surface area contributed by atoms with Gasteiger partial charge in [0.15, 0.2) is 18.0 Å². The summed E-state index contributed by atoms with van der Waals surface area (Å²) in [6.07, 6.45) is 1.95. The number of benzene rings is 1. The van der Waals surface area contributed by atoms with E-state index in [9.17, 15) is 3.89 Å². The van der Waals surface area contributed by atoms with Crippen LogP contribution in [0.15, 0.2) is 30.5 Å². The van der Waals surface area contributed by atoms with Crippen molar-refractivity contribution >= 4 is 23.9 Å². The smallest absolute Gasteiger partial charge is 0.187 e. The molecule has 1 aromatic heterocycles. The van der Waals surface area contributed by atoms with Crippen molar-refractivity contribution in [3.05, 3.63) is 52.3 Å². The van der Waals surface area contributed by atoms with E-state index in [1.54, 1.807) is 6.07 Å². The Kier molecular flexibility index (Phi) is 3.67. The first-order valence-electron chi connectivity index (χ1n) is 4.75. The highest BCUT2D eigenvalue weighted by Crippen LogP contribution is 2.21. The first-order chi connectivity index (χ1) is 8.24. The molecule has 17 heavy (non-hydrogen) atoms. The second kappa shape index (κ2) is 5.21. The van der Waals surface area contributed by atoms with Gasteiger partial charge in [-0.25, -0.2) is 0 Å². The van der Waals surface area contributed by atoms with E-state index >= 15 is 0 Å². The predicted molar refractivity (Wildman–Crippen MR) is 65.3 cm³/mol. The summed E-state index contributed by atoms with van der Waals surface area (Å²) in [5.41, 5.74) is 1.76. The second-order valence-electron chi connectivity index (χ2n) is 3.35. The Bertz CT molecular complexity index is 576. The van der Waals surface area contributed by atoms with Crippen LogP contribution in [0.2, 0.25) is 5.02 Å². The average molecular weight is 268 g/mol. The third-order valence-corrected chi connectivity index (χ3v) is 2.98. The molecule has 0 aliphatic carbocycles. The van der Waals surface area contributed by atoms with Gasteiger partial charge in [-0.1, -0.05) is 29.8 Å². The first-order valence-corrected chi connectivity index (χ1v) is 5.81. The minimum Gasteiger partial charge on any atom is -0.191 e. The summed E-state index contributed by atoms with van der Waals surface area (Å²) in [6, 6.07) is 9.27. The van der Waals surface area contributed by atoms with Crippen LogP contribution < -0.4 is 0 Å². The molecule has 0 fully saturated rings. The molecule has 86 valence electrons. The number of rotatable bonds is 3. The molecule has 0 aliphatic heterocycles. The predicted octanol–water partition coefficient (Wildman–Crippen LogP) is 3.38. The maximum atomic E-state index is 12.4. The van der Waals surface area contributed by atoms with Crippen molar-refractivity contribution in [3.8, 4) is 6.07 Å². The van der Waals surface area contributed by atoms with Crippen molar-refractivity contribution in [1.82, 2.24) is 9.19 Å². The maximum Gasteiger partial charge on any atom is 0.187 e. The lowest BCUT2D eigenvalue weighted by atomic mass is 10.1. The molecule has 2 aromatic rings. The standard InChI is InChI=1S/C11H7ClFN3S/c12-10-4-2-1-3-8(10)5-9-7-16(17-13)15-11(9)6-14/h1-4,7H,5H2. The molecule has 2 rings (SSSR count). The van der Waals surface area contributed by atoms with Gasteiger partial charge < -0.3 is 0 Å². The van der Waals surface area contributed by atoms with Crippen molar-refractivity contribution in [3.63, 3.8) is 0 Å². The molecule has 0 saturated carbocycles. The van der Waals surface area contributed by atoms with Crippen molar-refractivity contribution < 1.29 is 3.89 Å². The van der Waals surface area contributed by atoms with Gasteiger partial charge in [-0.2, -0.15) is 9.35 Å². The Balaban J connectivity index is 2.33. The number of hydrogen-bond acceptors (Lipinski definition) is 3. The van der Waals surface area contributed by atoms with Gasteiger partial charge in [0.05, 0.1) is 0 Å². The Morgan fingerprint density at radius 3 is 2.82 bits per heavy atom. The van der Waals surface area contributed by atoms with Gasteiger partial charge in [0.1, 0.15) is 6.07 Å². The molecule has 3 nitrogen and oxygen atoms in total. The van der Waals surface area contributed by atoms with E-state index in [1.165, 1.54) is 6.20 Å². The maximum absolute atomic E-state index is 12.4. The number of halogens is 2. The van der Waals surface area contributed by atoms with Crippen molar-refractivity contribution in [2.45, 2.75) is 6.42 Å². The van der Waals surface area contributed by atoms with Gasteiger partial charge >= 0.3 is 0 Å². The summed E-state index contributed by atoms with van der Waals surface area (Å²) < 4.78 is 13.4. The Morgan fingerprint density at radius 1 is 1.41 bits per heavy atom. The molecule has 0 radical (unpaired) electrons. The Hall–Kier alpha value is -1.51. The van der Waals surface area contributed by atoms with Crippen LogP contribution >= 0.6 is 23.9 Å². The summed E-state index contributed by atoms with van der Waals surface area (Å²) in [7, 11) is 0. The molecule has 0 N–H and O–H groups in total. The van der Waals surface area contributed by atoms with E-state index in [0.29, 0.717) is 17.0 Å². The van der Waals surface area contributed by atoms with Crippen LogP contribution in [-0.2, 0) is 6.42 Å². The molecule has 0 amide bonds. The quantitative estimate of drug-likeness (QED) is 0.856. The summed E-state index contributed by atoms with van der Waals surface area (Å²) in [5.74, 6) is 0. The fourth-order valence-corrected chi connectivity index (χ4v) is 1.97. The molecule has 1 aromatic carbocycles. The summed E-state index contributed by atoms with van der Waals surface area (Å²) in [5, 5.41) is 13.3. The van der Waals surface area contributed by atoms with E-state index in [-0.39, 0.29) is 18.0 Å². The second-order valence-corrected chi connectivity index (χ2v) is 4.27. The normalized spacial score (nSPS) is 10.2. The number of aromatic nitrogens is 2. The van der Waals surface area contributed by atoms with Crippen LogP contribution in [0, 0.1) is 11.3 Å². The zero-order valence-electron chi connectivity index (χ0n) is 8.60. The molecule has 0 bridgehead atoms. The molecule has 0 unspecified atom stereocenters. The Morgan fingerprint density at radius 2 is 2.18 bits per heavy atom. The average Bonchev–Trinajstić information content (AvgIpc) is 2.74. The number of hydrogen-bond donors (Lipinski definition) is 0. The van der Waals surface area contributed by atoms with Crippen LogP contribution in [0.3, 0.4) is 0 Å². The Labute approximate surface area is 107 Å². The van der Waals surface area contributed by atoms with Gasteiger partial charge in [0, 0.05) is 23.2 Å². The number of nitriles is 1. The van der Waals surface area contributed by atoms with Gasteiger partial charge in [0.2, 0.25) is 0 Å². The zero-order chi connectivity index (χ0) is 12.3. The first kappa shape index (κ1) is 12.0. The SMILES string of the molecule is N#Cc1nn(SF)cc1Cc1ccccc1Cl. The number of nitrogens with zero attached hydrogens (tertiary/aromatic N) is 3. The molecule has 0 aliphatic rings. The summed E-state index contributed by atoms with van der Waals surface area (Å²) in [6.45, 7) is 0. The third-order valence-electron chi connectivity index (χ3n) is 2.28. The minimum absolute atomic E-state index is 0.0446. The highest BCUT2D eigenvalue weighted by Gasteiger charge is 2.11. The van der Waals surface area contributed by atoms with Crippen molar-refractivity contribution in [1.29, 1.82) is 5.26 Å². The third kappa shape index (κ3) is 2.60. The highest BCUT2D eigenvalue weighted by atomic mass is 35.5. The van der Waals surface area contributed by atoms with E-state index in [1.807, 2.05) is 24.3 Å². The molecule has 0 atom stereocenters. The summed E-state index contributed by atoms with van der Waals surface area (Å²) >= 11 is 5.98. The van der Waals surface area contributed by atoms with Crippen molar-refractivity contribution in [2.24, 2.45) is 0 Å². The van der Waals surface area contributed by atoms with E-state index in [4.69, 9.17) is 16.9 Å². The molecule has 6 heteroatoms. The molecule has 0 saturated heterocycles. The molecule has 1 heterocycles. The van der Waals surface area contributed by atoms with Crippen LogP contribution in [0.4, 0.5) is 3.89 Å². The van der Waals surface area contributed by atoms with Gasteiger partial charge in [-0.3, -0.25) is 0 Å². The largest absolute Gasteiger partial charge is 0.191 e. The highest BCUT2D eigenvalue weighted by molar-refractivity contribution is 7.92. The monoisotopic (exact) mass is 267 g/mol. The zero-order valence-corrected chi connectivity index (χ0v) is 10.2. The molecular weight excluding hydrogens is 261 g/mol. The lowest BCUT2D eigenvalue weighted by Crippen LogP contribution is -1.90. The van der Waals surface area contributed by atoms with Crippen LogP contribution in [0.5, 0.6) is 0 Å². The van der Waals surface area contributed by atoms with Crippen LogP contribution in [0.1, 0.15) is 16.8 Å². The van der Waals surface area contributed by atoms with Gasteiger partial charge in [-0.05, 0) is 11.6 Å². The fraction of sp³-hybridized carbons (Fsp3) is 0.0909. The lowest BCUT2D eigenvalue weighted by Gasteiger charge is -2.01. The van der Waals surface area contributed by atoms with Gasteiger partial charge in [0.25, 0.3) is 0 Å². The van der Waals surface area contributed by atoms with E-state index < -0.39 is 0 Å². The molecule has 0 spiro atoms. The van der Waals surface area contributed by atoms with Crippen LogP contribution in [-0.4, -0.2) is 9.19 Å². The van der Waals surface area contributed by atoms with Crippen LogP contribution in [0.25, 0.3) is 0 Å². The van der Waals surface area contributed by atoms with E-state index in [2.05, 4.69) is 5.10 Å². The topological polar surface area (TPSA) is 41.6 Å². The lowest BCUT2D eigenvalue weighted by molar-refractivity contribution is 0.875. The minimum atomic E-state index is -0.0446. The fourth-order valence-electron chi connectivity index (χ4n) is 1.49. The summed E-state index contributed by atoms with van der Waals surface area (Å²) in [4.78, 5) is 0. The van der Waals surface area contributed by atoms with E-state index in [0.717, 1.165) is 9.65 Å². The van der Waals surface area contributed by atoms with Crippen molar-refractivity contribution in [2.75, 3.05) is 0 Å². The van der Waals surface area contributed by atoms with Gasteiger partial charge in [-0.15, -0.1) is 8.98 Å². The molecular formula is C11H7ClFN3S.